The number of hydrogen-bond acceptors (Lipinski definition) is 3. The minimum absolute atomic E-state index is 0.0252. The van der Waals surface area contributed by atoms with Gasteiger partial charge in [-0.25, -0.2) is 8.42 Å². The number of halogens is 4. The zero-order chi connectivity index (χ0) is 24.4. The number of anilines is 2. The van der Waals surface area contributed by atoms with Gasteiger partial charge in [0.1, 0.15) is 6.54 Å². The fourth-order valence-electron chi connectivity index (χ4n) is 3.28. The average Bonchev–Trinajstić information content (AvgIpc) is 2.72. The molecule has 0 saturated carbocycles. The second-order valence-corrected chi connectivity index (χ2v) is 9.68. The highest BCUT2D eigenvalue weighted by molar-refractivity contribution is 7.92. The zero-order valence-electron chi connectivity index (χ0n) is 17.7. The Balaban J connectivity index is 1.97. The van der Waals surface area contributed by atoms with E-state index < -0.39 is 39.2 Å². The van der Waals surface area contributed by atoms with Crippen LogP contribution in [0.25, 0.3) is 0 Å². The zero-order valence-corrected chi connectivity index (χ0v) is 19.2. The molecule has 0 aliphatic heterocycles. The number of nitrogens with zero attached hydrogens (tertiary/aromatic N) is 1. The molecule has 0 fully saturated rings. The molecule has 3 aromatic carbocycles. The minimum Gasteiger partial charge on any atom is -0.324 e. The van der Waals surface area contributed by atoms with E-state index >= 15 is 0 Å². The Hall–Kier alpha value is -3.04. The van der Waals surface area contributed by atoms with Crippen molar-refractivity contribution in [3.05, 3.63) is 88.4 Å². The molecule has 5 nitrogen and oxygen atoms in total. The summed E-state index contributed by atoms with van der Waals surface area (Å²) < 4.78 is 67.0. The van der Waals surface area contributed by atoms with Crippen LogP contribution in [0, 0.1) is 13.8 Å². The van der Waals surface area contributed by atoms with Crippen LogP contribution in [0.3, 0.4) is 0 Å². The van der Waals surface area contributed by atoms with Gasteiger partial charge in [0.25, 0.3) is 10.0 Å². The third kappa shape index (κ3) is 5.85. The topological polar surface area (TPSA) is 66.5 Å². The summed E-state index contributed by atoms with van der Waals surface area (Å²) in [6.07, 6.45) is -4.71. The van der Waals surface area contributed by atoms with E-state index in [2.05, 4.69) is 5.32 Å². The van der Waals surface area contributed by atoms with Gasteiger partial charge in [-0.15, -0.1) is 0 Å². The van der Waals surface area contributed by atoms with Crippen LogP contribution in [0.5, 0.6) is 0 Å². The lowest BCUT2D eigenvalue weighted by atomic mass is 10.1. The fourth-order valence-corrected chi connectivity index (χ4v) is 4.93. The second kappa shape index (κ2) is 9.44. The molecular weight excluding hydrogens is 477 g/mol. The van der Waals surface area contributed by atoms with Crippen molar-refractivity contribution in [1.29, 1.82) is 0 Å². The normalized spacial score (nSPS) is 11.8. The summed E-state index contributed by atoms with van der Waals surface area (Å²) >= 11 is 5.62. The van der Waals surface area contributed by atoms with Crippen LogP contribution in [0.2, 0.25) is 5.02 Å². The van der Waals surface area contributed by atoms with Crippen molar-refractivity contribution < 1.29 is 26.4 Å². The molecule has 0 saturated heterocycles. The number of nitrogens with one attached hydrogen (secondary N) is 1. The number of carbonyl (C=O) groups excluding carboxylic acids is 1. The molecule has 0 spiro atoms. The van der Waals surface area contributed by atoms with E-state index in [0.717, 1.165) is 21.5 Å². The Labute approximate surface area is 194 Å². The van der Waals surface area contributed by atoms with Gasteiger partial charge < -0.3 is 5.32 Å². The summed E-state index contributed by atoms with van der Waals surface area (Å²) in [7, 11) is -4.14. The molecule has 0 aliphatic rings. The highest BCUT2D eigenvalue weighted by Gasteiger charge is 2.34. The van der Waals surface area contributed by atoms with Gasteiger partial charge >= 0.3 is 6.18 Å². The monoisotopic (exact) mass is 496 g/mol. The van der Waals surface area contributed by atoms with Crippen molar-refractivity contribution in [2.45, 2.75) is 24.9 Å². The summed E-state index contributed by atoms with van der Waals surface area (Å²) in [5, 5.41) is 1.82. The number of amides is 1. The van der Waals surface area contributed by atoms with Crippen molar-refractivity contribution in [3.63, 3.8) is 0 Å². The molecular formula is C23H20ClF3N2O3S. The predicted octanol–water partition coefficient (Wildman–Crippen LogP) is 5.81. The van der Waals surface area contributed by atoms with Crippen molar-refractivity contribution in [2.24, 2.45) is 0 Å². The first-order chi connectivity index (χ1) is 15.4. The number of carbonyl (C=O) groups is 1. The third-order valence-electron chi connectivity index (χ3n) is 4.67. The van der Waals surface area contributed by atoms with Crippen LogP contribution in [0.1, 0.15) is 16.7 Å². The number of sulfonamides is 1. The van der Waals surface area contributed by atoms with Gasteiger partial charge in [-0.3, -0.25) is 9.10 Å². The smallest absolute Gasteiger partial charge is 0.324 e. The summed E-state index contributed by atoms with van der Waals surface area (Å²) in [4.78, 5) is 12.7. The van der Waals surface area contributed by atoms with Crippen LogP contribution in [0.4, 0.5) is 24.5 Å². The number of alkyl halides is 3. The maximum atomic E-state index is 13.4. The lowest BCUT2D eigenvalue weighted by molar-refractivity contribution is -0.137. The number of benzene rings is 3. The molecule has 0 bridgehead atoms. The number of aryl methyl sites for hydroxylation is 2. The quantitative estimate of drug-likeness (QED) is 0.468. The van der Waals surface area contributed by atoms with E-state index in [-0.39, 0.29) is 16.3 Å². The SMILES string of the molecule is Cc1cc(C)cc(N(CC(=O)Nc2ccc(Cl)c(C(F)(F)F)c2)S(=O)(=O)c2ccccc2)c1. The van der Waals surface area contributed by atoms with Crippen LogP contribution >= 0.6 is 11.6 Å². The van der Waals surface area contributed by atoms with Crippen molar-refractivity contribution in [3.8, 4) is 0 Å². The van der Waals surface area contributed by atoms with Gasteiger partial charge in [0.05, 0.1) is 21.2 Å². The number of hydrogen-bond donors (Lipinski definition) is 1. The fraction of sp³-hybridized carbons (Fsp3) is 0.174. The summed E-state index contributed by atoms with van der Waals surface area (Å²) in [5.74, 6) is -0.816. The van der Waals surface area contributed by atoms with E-state index in [1.165, 1.54) is 18.2 Å². The first-order valence-electron chi connectivity index (χ1n) is 9.70. The van der Waals surface area contributed by atoms with E-state index in [0.29, 0.717) is 6.07 Å². The van der Waals surface area contributed by atoms with Crippen molar-refractivity contribution >= 4 is 38.9 Å². The minimum atomic E-state index is -4.71. The summed E-state index contributed by atoms with van der Waals surface area (Å²) in [5.41, 5.74) is 0.565. The Morgan fingerprint density at radius 3 is 2.15 bits per heavy atom. The molecule has 1 N–H and O–H groups in total. The lowest BCUT2D eigenvalue weighted by Gasteiger charge is -2.25. The predicted molar refractivity (Wildman–Crippen MR) is 122 cm³/mol. The highest BCUT2D eigenvalue weighted by Crippen LogP contribution is 2.36. The molecule has 174 valence electrons. The van der Waals surface area contributed by atoms with Gasteiger partial charge in [0, 0.05) is 5.69 Å². The highest BCUT2D eigenvalue weighted by atomic mass is 35.5. The van der Waals surface area contributed by atoms with Crippen LogP contribution in [-0.4, -0.2) is 20.9 Å². The standard InChI is InChI=1S/C23H20ClF3N2O3S/c1-15-10-16(2)12-18(11-15)29(33(31,32)19-6-4-3-5-7-19)14-22(30)28-17-8-9-21(24)20(13-17)23(25,26)27/h3-13H,14H2,1-2H3,(H,28,30). The summed E-state index contributed by atoms with van der Waals surface area (Å²) in [6.45, 7) is 2.93. The van der Waals surface area contributed by atoms with Crippen LogP contribution in [-0.2, 0) is 21.0 Å². The maximum Gasteiger partial charge on any atom is 0.417 e. The first-order valence-corrected chi connectivity index (χ1v) is 11.5. The molecule has 3 aromatic rings. The Morgan fingerprint density at radius 2 is 1.58 bits per heavy atom. The van der Waals surface area contributed by atoms with E-state index in [4.69, 9.17) is 11.6 Å². The molecule has 0 aliphatic carbocycles. The van der Waals surface area contributed by atoms with Gasteiger partial charge in [0.15, 0.2) is 0 Å². The third-order valence-corrected chi connectivity index (χ3v) is 6.79. The van der Waals surface area contributed by atoms with Crippen LogP contribution < -0.4 is 9.62 Å². The lowest BCUT2D eigenvalue weighted by Crippen LogP contribution is -2.38. The van der Waals surface area contributed by atoms with Gasteiger partial charge in [0.2, 0.25) is 5.91 Å². The number of rotatable bonds is 6. The van der Waals surface area contributed by atoms with E-state index in [1.807, 2.05) is 6.07 Å². The molecule has 0 heterocycles. The van der Waals surface area contributed by atoms with Crippen molar-refractivity contribution in [1.82, 2.24) is 0 Å². The maximum absolute atomic E-state index is 13.4. The largest absolute Gasteiger partial charge is 0.417 e. The average molecular weight is 497 g/mol. The molecule has 10 heteroatoms. The van der Waals surface area contributed by atoms with Gasteiger partial charge in [-0.2, -0.15) is 13.2 Å². The molecule has 3 rings (SSSR count). The Morgan fingerprint density at radius 1 is 0.970 bits per heavy atom. The molecule has 0 radical (unpaired) electrons. The molecule has 0 atom stereocenters. The summed E-state index contributed by atoms with van der Waals surface area (Å²) in [6, 6.07) is 15.6. The van der Waals surface area contributed by atoms with Crippen LogP contribution in [0.15, 0.2) is 71.6 Å². The Bertz CT molecular complexity index is 1260. The van der Waals surface area contributed by atoms with Crippen molar-refractivity contribution in [2.75, 3.05) is 16.2 Å². The molecule has 1 amide bonds. The molecule has 0 aromatic heterocycles. The van der Waals surface area contributed by atoms with E-state index in [9.17, 15) is 26.4 Å². The molecule has 0 unspecified atom stereocenters. The van der Waals surface area contributed by atoms with Gasteiger partial charge in [-0.1, -0.05) is 35.9 Å². The molecule has 33 heavy (non-hydrogen) atoms. The van der Waals surface area contributed by atoms with E-state index in [1.54, 1.807) is 44.2 Å². The second-order valence-electron chi connectivity index (χ2n) is 7.41. The Kier molecular flexibility index (Phi) is 7.04. The first kappa shape index (κ1) is 24.6. The van der Waals surface area contributed by atoms with Gasteiger partial charge in [-0.05, 0) is 67.4 Å².